The van der Waals surface area contributed by atoms with Crippen molar-refractivity contribution in [3.05, 3.63) is 35.4 Å². The summed E-state index contributed by atoms with van der Waals surface area (Å²) in [6.45, 7) is 6.10. The average molecular weight is 387 g/mol. The summed E-state index contributed by atoms with van der Waals surface area (Å²) in [6.07, 6.45) is 15.2. The molecule has 0 aliphatic heterocycles. The lowest BCUT2D eigenvalue weighted by molar-refractivity contribution is 0.612. The van der Waals surface area contributed by atoms with Crippen LogP contribution in [-0.2, 0) is 0 Å². The van der Waals surface area contributed by atoms with Crippen LogP contribution >= 0.6 is 0 Å². The molecule has 0 aliphatic rings. The van der Waals surface area contributed by atoms with Gasteiger partial charge in [0.1, 0.15) is 11.7 Å². The van der Waals surface area contributed by atoms with E-state index in [1.54, 1.807) is 0 Å². The molecule has 0 spiro atoms. The second kappa shape index (κ2) is 16.1. The predicted molar refractivity (Wildman–Crippen MR) is 124 cm³/mol. The van der Waals surface area contributed by atoms with Crippen LogP contribution in [0.2, 0.25) is 0 Å². The summed E-state index contributed by atoms with van der Waals surface area (Å²) in [5, 5.41) is 0. The van der Waals surface area contributed by atoms with Gasteiger partial charge in [-0.05, 0) is 12.8 Å². The Kier molecular flexibility index (Phi) is 14.0. The average Bonchev–Trinajstić information content (AvgIpc) is 2.72. The van der Waals surface area contributed by atoms with Gasteiger partial charge in [0.05, 0.1) is 0 Å². The number of nitrogens with zero attached hydrogens (tertiary/aromatic N) is 2. The summed E-state index contributed by atoms with van der Waals surface area (Å²) in [4.78, 5) is 9.02. The highest BCUT2D eigenvalue weighted by molar-refractivity contribution is 6.00. The van der Waals surface area contributed by atoms with Crippen LogP contribution in [0, 0.1) is 0 Å². The lowest BCUT2D eigenvalue weighted by Crippen LogP contribution is -2.16. The Bertz CT molecular complexity index is 509. The van der Waals surface area contributed by atoms with Crippen molar-refractivity contribution >= 4 is 11.7 Å². The summed E-state index contributed by atoms with van der Waals surface area (Å²) in [6, 6.07) is 7.95. The van der Waals surface area contributed by atoms with E-state index < -0.39 is 0 Å². The molecular weight excluding hydrogens is 344 g/mol. The van der Waals surface area contributed by atoms with Crippen LogP contribution in [0.25, 0.3) is 0 Å². The minimum atomic E-state index is 0.614. The number of nitrogens with two attached hydrogens (primary N) is 2. The van der Waals surface area contributed by atoms with E-state index in [0.717, 1.165) is 37.1 Å². The topological polar surface area (TPSA) is 76.8 Å². The van der Waals surface area contributed by atoms with Gasteiger partial charge in [0.25, 0.3) is 0 Å². The Morgan fingerprint density at radius 2 is 0.893 bits per heavy atom. The largest absolute Gasteiger partial charge is 0.384 e. The van der Waals surface area contributed by atoms with E-state index in [0.29, 0.717) is 11.7 Å². The molecule has 4 nitrogen and oxygen atoms in total. The van der Waals surface area contributed by atoms with E-state index >= 15 is 0 Å². The molecular formula is C24H42N4. The summed E-state index contributed by atoms with van der Waals surface area (Å²) < 4.78 is 0. The predicted octanol–water partition coefficient (Wildman–Crippen LogP) is 5.82. The second-order valence-corrected chi connectivity index (χ2v) is 7.65. The minimum Gasteiger partial charge on any atom is -0.384 e. The third kappa shape index (κ3) is 11.1. The Balaban J connectivity index is 2.34. The van der Waals surface area contributed by atoms with Crippen molar-refractivity contribution < 1.29 is 0 Å². The zero-order chi connectivity index (χ0) is 20.5. The molecule has 0 heterocycles. The number of aliphatic imine (C=N–C) groups is 2. The van der Waals surface area contributed by atoms with Crippen LogP contribution in [0.15, 0.2) is 34.3 Å². The molecule has 0 fully saturated rings. The van der Waals surface area contributed by atoms with Gasteiger partial charge in [-0.3, -0.25) is 9.98 Å². The fourth-order valence-electron chi connectivity index (χ4n) is 3.18. The first-order valence-electron chi connectivity index (χ1n) is 11.4. The van der Waals surface area contributed by atoms with E-state index in [9.17, 15) is 0 Å². The van der Waals surface area contributed by atoms with Crippen molar-refractivity contribution in [2.75, 3.05) is 13.1 Å². The maximum atomic E-state index is 6.12. The van der Waals surface area contributed by atoms with Gasteiger partial charge in [0.2, 0.25) is 0 Å². The second-order valence-electron chi connectivity index (χ2n) is 7.65. The molecule has 28 heavy (non-hydrogen) atoms. The number of hydrogen-bond donors (Lipinski definition) is 2. The Hall–Kier alpha value is -1.84. The molecule has 158 valence electrons. The normalized spacial score (nSPS) is 12.5. The maximum Gasteiger partial charge on any atom is 0.125 e. The highest BCUT2D eigenvalue weighted by atomic mass is 14.9. The first kappa shape index (κ1) is 24.2. The number of hydrogen-bond acceptors (Lipinski definition) is 2. The van der Waals surface area contributed by atoms with Crippen molar-refractivity contribution in [2.24, 2.45) is 21.5 Å². The third-order valence-electron chi connectivity index (χ3n) is 5.06. The maximum absolute atomic E-state index is 6.12. The molecule has 1 rings (SSSR count). The minimum absolute atomic E-state index is 0.614. The van der Waals surface area contributed by atoms with Crippen molar-refractivity contribution in [2.45, 2.75) is 90.9 Å². The van der Waals surface area contributed by atoms with E-state index in [1.165, 1.54) is 64.2 Å². The molecule has 0 saturated carbocycles. The molecule has 4 heteroatoms. The van der Waals surface area contributed by atoms with Crippen LogP contribution in [0.5, 0.6) is 0 Å². The lowest BCUT2D eigenvalue weighted by Gasteiger charge is -2.05. The fourth-order valence-corrected chi connectivity index (χ4v) is 3.18. The number of amidine groups is 2. The first-order valence-corrected chi connectivity index (χ1v) is 11.4. The molecule has 0 bridgehead atoms. The smallest absolute Gasteiger partial charge is 0.125 e. The Morgan fingerprint density at radius 1 is 0.571 bits per heavy atom. The molecule has 4 N–H and O–H groups in total. The molecule has 1 aromatic rings. The number of rotatable bonds is 16. The third-order valence-corrected chi connectivity index (χ3v) is 5.06. The number of unbranched alkanes of at least 4 members (excludes halogenated alkanes) is 10. The van der Waals surface area contributed by atoms with Crippen LogP contribution in [0.1, 0.15) is 102 Å². The van der Waals surface area contributed by atoms with Gasteiger partial charge in [0.15, 0.2) is 0 Å². The quantitative estimate of drug-likeness (QED) is 0.213. The SMILES string of the molecule is CCCCCCCCN=C(N)c1ccc(C(N)=NCCCCCCCC)cc1. The standard InChI is InChI=1S/C24H42N4/c1-3-5-7-9-11-13-19-27-23(25)21-15-17-22(18-16-21)24(26)28-20-14-12-10-8-6-4-2/h15-18H,3-14,19-20H2,1-2H3,(H2,25,27)(H2,26,28). The summed E-state index contributed by atoms with van der Waals surface area (Å²) in [7, 11) is 0. The van der Waals surface area contributed by atoms with E-state index in [4.69, 9.17) is 11.5 Å². The van der Waals surface area contributed by atoms with Gasteiger partial charge >= 0.3 is 0 Å². The monoisotopic (exact) mass is 386 g/mol. The summed E-state index contributed by atoms with van der Waals surface area (Å²) in [5.74, 6) is 1.23. The van der Waals surface area contributed by atoms with Crippen molar-refractivity contribution in [3.8, 4) is 0 Å². The van der Waals surface area contributed by atoms with Crippen molar-refractivity contribution in [1.29, 1.82) is 0 Å². The van der Waals surface area contributed by atoms with Gasteiger partial charge in [-0.25, -0.2) is 0 Å². The van der Waals surface area contributed by atoms with Gasteiger partial charge in [0, 0.05) is 24.2 Å². The van der Waals surface area contributed by atoms with Crippen LogP contribution in [-0.4, -0.2) is 24.8 Å². The summed E-state index contributed by atoms with van der Waals surface area (Å²) in [5.41, 5.74) is 14.2. The zero-order valence-electron chi connectivity index (χ0n) is 18.3. The van der Waals surface area contributed by atoms with Gasteiger partial charge in [-0.2, -0.15) is 0 Å². The molecule has 0 atom stereocenters. The molecule has 1 aromatic carbocycles. The van der Waals surface area contributed by atoms with Gasteiger partial charge in [-0.1, -0.05) is 102 Å². The lowest BCUT2D eigenvalue weighted by atomic mass is 10.1. The fraction of sp³-hybridized carbons (Fsp3) is 0.667. The molecule has 0 amide bonds. The zero-order valence-corrected chi connectivity index (χ0v) is 18.3. The van der Waals surface area contributed by atoms with Gasteiger partial charge in [-0.15, -0.1) is 0 Å². The van der Waals surface area contributed by atoms with Crippen LogP contribution < -0.4 is 11.5 Å². The van der Waals surface area contributed by atoms with Crippen LogP contribution in [0.3, 0.4) is 0 Å². The highest BCUT2D eigenvalue weighted by Gasteiger charge is 2.02. The first-order chi connectivity index (χ1) is 13.7. The van der Waals surface area contributed by atoms with E-state index in [-0.39, 0.29) is 0 Å². The Labute approximate surface area is 172 Å². The van der Waals surface area contributed by atoms with Crippen LogP contribution in [0.4, 0.5) is 0 Å². The number of benzene rings is 1. The molecule has 0 aliphatic carbocycles. The van der Waals surface area contributed by atoms with E-state index in [1.807, 2.05) is 24.3 Å². The highest BCUT2D eigenvalue weighted by Crippen LogP contribution is 2.08. The summed E-state index contributed by atoms with van der Waals surface area (Å²) >= 11 is 0. The Morgan fingerprint density at radius 3 is 1.25 bits per heavy atom. The van der Waals surface area contributed by atoms with Crippen molar-refractivity contribution in [1.82, 2.24) is 0 Å². The molecule has 0 saturated heterocycles. The molecule has 0 aromatic heterocycles. The van der Waals surface area contributed by atoms with Gasteiger partial charge < -0.3 is 11.5 Å². The molecule has 0 radical (unpaired) electrons. The molecule has 0 unspecified atom stereocenters. The van der Waals surface area contributed by atoms with E-state index in [2.05, 4.69) is 23.8 Å². The van der Waals surface area contributed by atoms with Crippen molar-refractivity contribution in [3.63, 3.8) is 0 Å².